The van der Waals surface area contributed by atoms with Crippen molar-refractivity contribution in [2.45, 2.75) is 26.0 Å². The molecular formula is C32H32N4O8. The molecule has 0 aliphatic carbocycles. The summed E-state index contributed by atoms with van der Waals surface area (Å²) in [7, 11) is 0. The minimum Gasteiger partial charge on any atom is -0.508 e. The van der Waals surface area contributed by atoms with Gasteiger partial charge in [-0.1, -0.05) is 12.1 Å². The van der Waals surface area contributed by atoms with E-state index in [-0.39, 0.29) is 46.0 Å². The predicted molar refractivity (Wildman–Crippen MR) is 161 cm³/mol. The van der Waals surface area contributed by atoms with Crippen LogP contribution in [0, 0.1) is 0 Å². The number of phenolic OH excluding ortho intramolecular Hbond substituents is 2. The summed E-state index contributed by atoms with van der Waals surface area (Å²) in [6, 6.07) is 12.9. The summed E-state index contributed by atoms with van der Waals surface area (Å²) in [5, 5.41) is 29.8. The van der Waals surface area contributed by atoms with E-state index < -0.39 is 17.5 Å². The van der Waals surface area contributed by atoms with Crippen LogP contribution < -0.4 is 19.8 Å². The van der Waals surface area contributed by atoms with E-state index in [1.807, 2.05) is 6.92 Å². The van der Waals surface area contributed by atoms with Crippen LogP contribution in [0.3, 0.4) is 0 Å². The molecule has 2 aromatic heterocycles. The summed E-state index contributed by atoms with van der Waals surface area (Å²) < 4.78 is 13.7. The van der Waals surface area contributed by atoms with Crippen LogP contribution in [0.2, 0.25) is 0 Å². The number of hydrogen-bond donors (Lipinski definition) is 3. The van der Waals surface area contributed by atoms with E-state index in [2.05, 4.69) is 9.80 Å². The summed E-state index contributed by atoms with van der Waals surface area (Å²) in [4.78, 5) is 46.0. The number of nitrogens with zero attached hydrogens (tertiary/aromatic N) is 4. The Labute approximate surface area is 252 Å². The second kappa shape index (κ2) is 11.9. The lowest BCUT2D eigenvalue weighted by Crippen LogP contribution is -2.47. The molecule has 0 unspecified atom stereocenters. The van der Waals surface area contributed by atoms with Crippen LogP contribution in [0.15, 0.2) is 59.5 Å². The zero-order valence-electron chi connectivity index (χ0n) is 24.1. The number of anilines is 1. The maximum atomic E-state index is 12.8. The lowest BCUT2D eigenvalue weighted by Gasteiger charge is -2.35. The molecule has 2 aliphatic rings. The van der Waals surface area contributed by atoms with Gasteiger partial charge in [0.05, 0.1) is 11.8 Å². The number of carbonyl (C=O) groups is 2. The number of carbonyl (C=O) groups excluding carboxylic acids is 1. The van der Waals surface area contributed by atoms with E-state index in [4.69, 9.17) is 14.5 Å². The molecule has 0 spiro atoms. The normalized spacial score (nSPS) is 16.9. The SMILES string of the molecule is CCn1cc(C(=O)O)c(=O)c2ccc(N3CCN(CCOc4cc(O)c5c(c4)O[C@H](c4ccc(O)cc4)CC5=O)CC3)nc21. The number of aryl methyl sites for hydroxylation is 1. The minimum atomic E-state index is -1.26. The summed E-state index contributed by atoms with van der Waals surface area (Å²) in [6.07, 6.45) is 0.897. The zero-order valence-corrected chi connectivity index (χ0v) is 24.1. The van der Waals surface area contributed by atoms with Crippen LogP contribution in [0.4, 0.5) is 5.82 Å². The fourth-order valence-corrected chi connectivity index (χ4v) is 5.69. The van der Waals surface area contributed by atoms with Crippen molar-refractivity contribution in [2.24, 2.45) is 0 Å². The van der Waals surface area contributed by atoms with Gasteiger partial charge in [-0.2, -0.15) is 0 Å². The topological polar surface area (TPSA) is 155 Å². The Morgan fingerprint density at radius 1 is 1.05 bits per heavy atom. The highest BCUT2D eigenvalue weighted by atomic mass is 16.5. The van der Waals surface area contributed by atoms with Crippen molar-refractivity contribution < 1.29 is 34.4 Å². The summed E-state index contributed by atoms with van der Waals surface area (Å²) in [5.74, 6) is -0.161. The van der Waals surface area contributed by atoms with Crippen molar-refractivity contribution in [2.75, 3.05) is 44.2 Å². The quantitative estimate of drug-likeness (QED) is 0.272. The van der Waals surface area contributed by atoms with E-state index in [1.165, 1.54) is 24.4 Å². The highest BCUT2D eigenvalue weighted by molar-refractivity contribution is 6.02. The van der Waals surface area contributed by atoms with Crippen LogP contribution >= 0.6 is 0 Å². The number of hydrogen-bond acceptors (Lipinski definition) is 10. The lowest BCUT2D eigenvalue weighted by atomic mass is 9.95. The first-order valence-electron chi connectivity index (χ1n) is 14.4. The third-order valence-electron chi connectivity index (χ3n) is 8.09. The molecule has 2 aromatic carbocycles. The van der Waals surface area contributed by atoms with Crippen LogP contribution in [0.5, 0.6) is 23.0 Å². The van der Waals surface area contributed by atoms with Crippen LogP contribution in [0.25, 0.3) is 11.0 Å². The Kier molecular flexibility index (Phi) is 7.83. The zero-order chi connectivity index (χ0) is 31.0. The molecule has 12 nitrogen and oxygen atoms in total. The molecule has 12 heteroatoms. The highest BCUT2D eigenvalue weighted by Gasteiger charge is 2.31. The van der Waals surface area contributed by atoms with Gasteiger partial charge >= 0.3 is 5.97 Å². The number of ether oxygens (including phenoxy) is 2. The Hall–Kier alpha value is -5.10. The monoisotopic (exact) mass is 600 g/mol. The fraction of sp³-hybridized carbons (Fsp3) is 0.312. The standard InChI is InChI=1S/C32H32N4O8/c1-2-35-18-23(32(41)42)30(40)22-7-8-28(33-31(22)35)36-11-9-34(10-12-36)13-14-43-21-15-24(38)29-25(39)17-26(44-27(29)16-21)19-3-5-20(37)6-4-19/h3-8,15-16,18,26,37-38H,2,9-14,17H2,1H3,(H,41,42)/t26-/m0/s1. The Balaban J connectivity index is 1.07. The largest absolute Gasteiger partial charge is 0.508 e. The van der Waals surface area contributed by atoms with E-state index >= 15 is 0 Å². The van der Waals surface area contributed by atoms with Gasteiger partial charge in [0, 0.05) is 57.6 Å². The van der Waals surface area contributed by atoms with Gasteiger partial charge in [-0.3, -0.25) is 14.5 Å². The third kappa shape index (κ3) is 5.63. The van der Waals surface area contributed by atoms with E-state index in [0.717, 1.165) is 24.5 Å². The molecule has 1 saturated heterocycles. The molecule has 44 heavy (non-hydrogen) atoms. The van der Waals surface area contributed by atoms with Gasteiger partial charge < -0.3 is 34.3 Å². The number of aromatic hydroxyl groups is 2. The molecule has 0 amide bonds. The van der Waals surface area contributed by atoms with Gasteiger partial charge in [-0.25, -0.2) is 9.78 Å². The van der Waals surface area contributed by atoms with Gasteiger partial charge in [0.1, 0.15) is 58.3 Å². The molecule has 0 bridgehead atoms. The number of ketones is 1. The summed E-state index contributed by atoms with van der Waals surface area (Å²) in [5.41, 5.74) is 0.546. The molecular weight excluding hydrogens is 568 g/mol. The van der Waals surface area contributed by atoms with Gasteiger partial charge in [-0.15, -0.1) is 0 Å². The third-order valence-corrected chi connectivity index (χ3v) is 8.09. The summed E-state index contributed by atoms with van der Waals surface area (Å²) in [6.45, 7) is 6.26. The van der Waals surface area contributed by atoms with Crippen molar-refractivity contribution in [1.82, 2.24) is 14.5 Å². The first-order chi connectivity index (χ1) is 21.2. The maximum Gasteiger partial charge on any atom is 0.341 e. The van der Waals surface area contributed by atoms with Gasteiger partial charge in [0.2, 0.25) is 5.43 Å². The molecule has 0 saturated carbocycles. The maximum absolute atomic E-state index is 12.8. The number of piperazine rings is 1. The van der Waals surface area contributed by atoms with E-state index in [9.17, 15) is 29.7 Å². The number of aromatic carboxylic acids is 1. The second-order valence-corrected chi connectivity index (χ2v) is 10.8. The molecule has 4 heterocycles. The molecule has 3 N–H and O–H groups in total. The number of benzene rings is 2. The molecule has 0 radical (unpaired) electrons. The molecule has 4 aromatic rings. The average Bonchev–Trinajstić information content (AvgIpc) is 3.01. The number of carboxylic acids is 1. The smallest absolute Gasteiger partial charge is 0.341 e. The van der Waals surface area contributed by atoms with Crippen molar-refractivity contribution in [1.29, 1.82) is 0 Å². The average molecular weight is 601 g/mol. The van der Waals surface area contributed by atoms with Crippen LogP contribution in [-0.4, -0.2) is 80.9 Å². The van der Waals surface area contributed by atoms with Gasteiger partial charge in [-0.05, 0) is 36.8 Å². The van der Waals surface area contributed by atoms with Gasteiger partial charge in [0.15, 0.2) is 5.78 Å². The predicted octanol–water partition coefficient (Wildman–Crippen LogP) is 3.43. The fourth-order valence-electron chi connectivity index (χ4n) is 5.69. The van der Waals surface area contributed by atoms with Crippen LogP contribution in [0.1, 0.15) is 45.7 Å². The van der Waals surface area contributed by atoms with Gasteiger partial charge in [0.25, 0.3) is 0 Å². The number of aromatic nitrogens is 2. The number of carboxylic acid groups (broad SMARTS) is 1. The minimum absolute atomic E-state index is 0.0795. The van der Waals surface area contributed by atoms with Crippen molar-refractivity contribution >= 4 is 28.6 Å². The number of fused-ring (bicyclic) bond motifs is 2. The van der Waals surface area contributed by atoms with E-state index in [0.29, 0.717) is 44.2 Å². The molecule has 228 valence electrons. The lowest BCUT2D eigenvalue weighted by molar-refractivity contribution is 0.0694. The summed E-state index contributed by atoms with van der Waals surface area (Å²) >= 11 is 0. The number of phenols is 2. The Morgan fingerprint density at radius 2 is 1.80 bits per heavy atom. The highest BCUT2D eigenvalue weighted by Crippen LogP contribution is 2.42. The molecule has 2 aliphatic heterocycles. The molecule has 1 atom stereocenters. The number of rotatable bonds is 8. The number of Topliss-reactive ketones (excluding diaryl/α,β-unsaturated/α-hetero) is 1. The number of pyridine rings is 2. The van der Waals surface area contributed by atoms with Crippen molar-refractivity contribution in [3.8, 4) is 23.0 Å². The van der Waals surface area contributed by atoms with Crippen LogP contribution in [-0.2, 0) is 6.54 Å². The van der Waals surface area contributed by atoms with Crippen molar-refractivity contribution in [3.63, 3.8) is 0 Å². The molecule has 1 fully saturated rings. The first-order valence-corrected chi connectivity index (χ1v) is 14.4. The first kappa shape index (κ1) is 29.0. The van der Waals surface area contributed by atoms with Crippen molar-refractivity contribution in [3.05, 3.63) is 81.6 Å². The second-order valence-electron chi connectivity index (χ2n) is 10.8. The Morgan fingerprint density at radius 3 is 2.50 bits per heavy atom. The van der Waals surface area contributed by atoms with E-state index in [1.54, 1.807) is 34.9 Å². The molecule has 6 rings (SSSR count). The Bertz CT molecular complexity index is 1800.